The Morgan fingerprint density at radius 2 is 1.44 bits per heavy atom. The number of phosphoric ester groups is 1. The maximum Gasteiger partial charge on any atom is 0.469 e. The first kappa shape index (κ1) is 23.9. The number of anilines is 1. The van der Waals surface area contributed by atoms with Crippen LogP contribution in [0.25, 0.3) is 11.1 Å². The Morgan fingerprint density at radius 3 is 1.94 bits per heavy atom. The average molecular weight is 477 g/mol. The summed E-state index contributed by atoms with van der Waals surface area (Å²) in [5.74, 6) is 0.545. The number of carbonyl (C=O) groups excluding carboxylic acids is 1. The number of amides is 1. The van der Waals surface area contributed by atoms with Crippen molar-refractivity contribution < 1.29 is 28.4 Å². The van der Waals surface area contributed by atoms with Gasteiger partial charge in [-0.1, -0.05) is 35.9 Å². The first-order valence-corrected chi connectivity index (χ1v) is 11.4. The lowest BCUT2D eigenvalue weighted by Gasteiger charge is -2.23. The Hall–Kier alpha value is -2.71. The SMILES string of the molecule is C[C@](N)(COP(=O)(O)O)C(=O)Nc1ccc(Oc2ccc(-c3ccc(Cl)cc3)cc2)cc1. The van der Waals surface area contributed by atoms with E-state index in [1.807, 2.05) is 48.5 Å². The Labute approximate surface area is 190 Å². The molecule has 0 aliphatic carbocycles. The molecule has 0 unspecified atom stereocenters. The molecule has 10 heteroatoms. The molecule has 32 heavy (non-hydrogen) atoms. The van der Waals surface area contributed by atoms with Crippen molar-refractivity contribution in [2.45, 2.75) is 12.5 Å². The minimum absolute atomic E-state index is 0.438. The predicted molar refractivity (Wildman–Crippen MR) is 123 cm³/mol. The van der Waals surface area contributed by atoms with Gasteiger partial charge in [0.05, 0.1) is 6.61 Å². The van der Waals surface area contributed by atoms with Crippen LogP contribution in [0.1, 0.15) is 6.92 Å². The Bertz CT molecular complexity index is 1110. The molecular formula is C22H22ClN2O6P. The summed E-state index contributed by atoms with van der Waals surface area (Å²) in [5.41, 5.74) is 6.67. The number of halogens is 1. The Morgan fingerprint density at radius 1 is 0.969 bits per heavy atom. The summed E-state index contributed by atoms with van der Waals surface area (Å²) < 4.78 is 21.0. The molecule has 1 amide bonds. The van der Waals surface area contributed by atoms with E-state index in [4.69, 9.17) is 31.9 Å². The Balaban J connectivity index is 1.59. The van der Waals surface area contributed by atoms with Gasteiger partial charge in [-0.15, -0.1) is 0 Å². The second-order valence-corrected chi connectivity index (χ2v) is 8.97. The molecule has 0 fully saturated rings. The maximum absolute atomic E-state index is 12.3. The van der Waals surface area contributed by atoms with Gasteiger partial charge in [0.2, 0.25) is 5.91 Å². The third kappa shape index (κ3) is 6.90. The smallest absolute Gasteiger partial charge is 0.457 e. The highest BCUT2D eigenvalue weighted by Crippen LogP contribution is 2.36. The molecule has 5 N–H and O–H groups in total. The second kappa shape index (κ2) is 9.83. The van der Waals surface area contributed by atoms with E-state index >= 15 is 0 Å². The fourth-order valence-electron chi connectivity index (χ4n) is 2.66. The lowest BCUT2D eigenvalue weighted by molar-refractivity contribution is -0.121. The topological polar surface area (TPSA) is 131 Å². The monoisotopic (exact) mass is 476 g/mol. The normalized spacial score (nSPS) is 13.3. The number of phosphoric acid groups is 1. The summed E-state index contributed by atoms with van der Waals surface area (Å²) in [5, 5.41) is 3.26. The van der Waals surface area contributed by atoms with E-state index in [0.29, 0.717) is 22.2 Å². The fraction of sp³-hybridized carbons (Fsp3) is 0.136. The van der Waals surface area contributed by atoms with Gasteiger partial charge in [0.15, 0.2) is 0 Å². The van der Waals surface area contributed by atoms with Gasteiger partial charge < -0.3 is 25.6 Å². The molecule has 0 saturated heterocycles. The molecule has 0 aliphatic rings. The van der Waals surface area contributed by atoms with Crippen molar-refractivity contribution in [3.63, 3.8) is 0 Å². The molecule has 8 nitrogen and oxygen atoms in total. The lowest BCUT2D eigenvalue weighted by atomic mass is 10.0. The maximum atomic E-state index is 12.3. The van der Waals surface area contributed by atoms with E-state index < -0.39 is 25.9 Å². The van der Waals surface area contributed by atoms with Gasteiger partial charge in [0, 0.05) is 10.7 Å². The summed E-state index contributed by atoms with van der Waals surface area (Å²) in [7, 11) is -4.73. The molecular weight excluding hydrogens is 455 g/mol. The van der Waals surface area contributed by atoms with Crippen LogP contribution in [0, 0.1) is 0 Å². The highest BCUT2D eigenvalue weighted by atomic mass is 35.5. The molecule has 0 bridgehead atoms. The Kier molecular flexibility index (Phi) is 7.36. The van der Waals surface area contributed by atoms with Crippen LogP contribution in [0.3, 0.4) is 0 Å². The summed E-state index contributed by atoms with van der Waals surface area (Å²) >= 11 is 5.92. The van der Waals surface area contributed by atoms with Crippen molar-refractivity contribution in [1.82, 2.24) is 0 Å². The van der Waals surface area contributed by atoms with Gasteiger partial charge in [-0.2, -0.15) is 0 Å². The molecule has 0 heterocycles. The quantitative estimate of drug-likeness (QED) is 0.350. The molecule has 3 aromatic rings. The van der Waals surface area contributed by atoms with Crippen LogP contribution in [0.4, 0.5) is 5.69 Å². The van der Waals surface area contributed by atoms with Crippen LogP contribution in [-0.4, -0.2) is 27.8 Å². The average Bonchev–Trinajstić information content (AvgIpc) is 2.74. The van der Waals surface area contributed by atoms with E-state index in [1.165, 1.54) is 6.92 Å². The molecule has 0 radical (unpaired) electrons. The van der Waals surface area contributed by atoms with E-state index in [0.717, 1.165) is 11.1 Å². The lowest BCUT2D eigenvalue weighted by Crippen LogP contribution is -2.52. The summed E-state index contributed by atoms with van der Waals surface area (Å²) in [6, 6.07) is 21.7. The third-order valence-electron chi connectivity index (χ3n) is 4.43. The zero-order chi connectivity index (χ0) is 23.4. The largest absolute Gasteiger partial charge is 0.469 e. The van der Waals surface area contributed by atoms with Gasteiger partial charge in [-0.05, 0) is 66.6 Å². The van der Waals surface area contributed by atoms with Crippen LogP contribution in [0.2, 0.25) is 5.02 Å². The van der Waals surface area contributed by atoms with Gasteiger partial charge in [0.25, 0.3) is 0 Å². The molecule has 3 aromatic carbocycles. The van der Waals surface area contributed by atoms with E-state index in [-0.39, 0.29) is 0 Å². The molecule has 0 spiro atoms. The van der Waals surface area contributed by atoms with Crippen LogP contribution in [0.15, 0.2) is 72.8 Å². The summed E-state index contributed by atoms with van der Waals surface area (Å²) in [6.45, 7) is 0.666. The molecule has 0 aliphatic heterocycles. The highest BCUT2D eigenvalue weighted by molar-refractivity contribution is 7.46. The van der Waals surface area contributed by atoms with E-state index in [9.17, 15) is 9.36 Å². The second-order valence-electron chi connectivity index (χ2n) is 7.29. The minimum Gasteiger partial charge on any atom is -0.457 e. The van der Waals surface area contributed by atoms with Crippen LogP contribution >= 0.6 is 19.4 Å². The highest BCUT2D eigenvalue weighted by Gasteiger charge is 2.32. The van der Waals surface area contributed by atoms with Gasteiger partial charge >= 0.3 is 7.82 Å². The molecule has 3 rings (SSSR count). The van der Waals surface area contributed by atoms with Crippen molar-refractivity contribution in [3.8, 4) is 22.6 Å². The van der Waals surface area contributed by atoms with Crippen molar-refractivity contribution in [2.24, 2.45) is 5.73 Å². The first-order valence-electron chi connectivity index (χ1n) is 9.46. The molecule has 0 saturated carbocycles. The van der Waals surface area contributed by atoms with Crippen LogP contribution in [-0.2, 0) is 13.9 Å². The molecule has 168 valence electrons. The number of rotatable bonds is 8. The number of carbonyl (C=O) groups is 1. The van der Waals surface area contributed by atoms with Crippen LogP contribution in [0.5, 0.6) is 11.5 Å². The van der Waals surface area contributed by atoms with Crippen molar-refractivity contribution in [3.05, 3.63) is 77.8 Å². The van der Waals surface area contributed by atoms with Crippen molar-refractivity contribution in [2.75, 3.05) is 11.9 Å². The number of nitrogens with one attached hydrogen (secondary N) is 1. The fourth-order valence-corrected chi connectivity index (χ4v) is 3.22. The van der Waals surface area contributed by atoms with Crippen molar-refractivity contribution in [1.29, 1.82) is 0 Å². The van der Waals surface area contributed by atoms with Crippen molar-refractivity contribution >= 4 is 31.0 Å². The molecule has 1 atom stereocenters. The zero-order valence-corrected chi connectivity index (χ0v) is 18.7. The zero-order valence-electron chi connectivity index (χ0n) is 17.1. The van der Waals surface area contributed by atoms with Gasteiger partial charge in [-0.3, -0.25) is 9.32 Å². The van der Waals surface area contributed by atoms with Gasteiger partial charge in [0.1, 0.15) is 17.0 Å². The third-order valence-corrected chi connectivity index (χ3v) is 5.15. The number of hydrogen-bond donors (Lipinski definition) is 4. The molecule has 0 aromatic heterocycles. The predicted octanol–water partition coefficient (Wildman–Crippen LogP) is 4.56. The number of benzene rings is 3. The summed E-state index contributed by atoms with van der Waals surface area (Å²) in [6.07, 6.45) is 0. The van der Waals surface area contributed by atoms with Crippen LogP contribution < -0.4 is 15.8 Å². The number of ether oxygens (including phenoxy) is 1. The minimum atomic E-state index is -4.73. The number of hydrogen-bond acceptors (Lipinski definition) is 5. The number of nitrogens with two attached hydrogens (primary N) is 1. The van der Waals surface area contributed by atoms with E-state index in [1.54, 1.807) is 24.3 Å². The standard InChI is InChI=1S/C22H22ClN2O6P/c1-22(24,14-30-32(27,28)29)21(26)25-18-8-12-20(13-9-18)31-19-10-4-16(5-11-19)15-2-6-17(23)7-3-15/h2-13H,14,24H2,1H3,(H,25,26)(H2,27,28,29)/t22-/m0/s1. The first-order chi connectivity index (χ1) is 15.0. The van der Waals surface area contributed by atoms with Gasteiger partial charge in [-0.25, -0.2) is 4.57 Å². The summed E-state index contributed by atoms with van der Waals surface area (Å²) in [4.78, 5) is 29.8. The van der Waals surface area contributed by atoms with E-state index in [2.05, 4.69) is 9.84 Å².